The molecule has 0 amide bonds. The fraction of sp³-hybridized carbons (Fsp3) is 0.538. The smallest absolute Gasteiger partial charge is 0.401 e. The van der Waals surface area contributed by atoms with Crippen molar-refractivity contribution in [1.29, 1.82) is 0 Å². The zero-order valence-corrected chi connectivity index (χ0v) is 10.2. The number of aryl methyl sites for hydroxylation is 1. The summed E-state index contributed by atoms with van der Waals surface area (Å²) in [4.78, 5) is 1.39. The highest BCUT2D eigenvalue weighted by Gasteiger charge is 2.34. The number of ether oxygens (including phenoxy) is 1. The van der Waals surface area contributed by atoms with E-state index in [0.717, 1.165) is 11.3 Å². The maximum Gasteiger partial charge on any atom is 0.401 e. The maximum absolute atomic E-state index is 12.2. The van der Waals surface area contributed by atoms with E-state index in [4.69, 9.17) is 4.74 Å². The van der Waals surface area contributed by atoms with Crippen molar-refractivity contribution >= 4 is 0 Å². The van der Waals surface area contributed by atoms with Crippen LogP contribution in [0.25, 0.3) is 0 Å². The van der Waals surface area contributed by atoms with Crippen LogP contribution in [0.2, 0.25) is 0 Å². The summed E-state index contributed by atoms with van der Waals surface area (Å²) in [5.74, 6) is 0.722. The monoisotopic (exact) mass is 259 g/mol. The number of hydrogen-bond donors (Lipinski definition) is 0. The summed E-state index contributed by atoms with van der Waals surface area (Å²) in [5, 5.41) is 0. The first-order valence-electron chi connectivity index (χ1n) is 5.95. The van der Waals surface area contributed by atoms with Gasteiger partial charge in [0.2, 0.25) is 0 Å². The summed E-state index contributed by atoms with van der Waals surface area (Å²) in [6.07, 6.45) is -3.63. The second kappa shape index (κ2) is 5.18. The lowest BCUT2D eigenvalue weighted by Gasteiger charge is -2.18. The van der Waals surface area contributed by atoms with Gasteiger partial charge in [-0.25, -0.2) is 0 Å². The minimum Gasteiger partial charge on any atom is -0.489 e. The number of hydrogen-bond acceptors (Lipinski definition) is 2. The van der Waals surface area contributed by atoms with E-state index in [0.29, 0.717) is 19.5 Å². The third kappa shape index (κ3) is 3.91. The van der Waals surface area contributed by atoms with E-state index in [2.05, 4.69) is 0 Å². The first-order chi connectivity index (χ1) is 8.42. The van der Waals surface area contributed by atoms with Crippen molar-refractivity contribution in [2.24, 2.45) is 0 Å². The van der Waals surface area contributed by atoms with E-state index in [1.807, 2.05) is 31.2 Å². The Morgan fingerprint density at radius 1 is 1.28 bits per heavy atom. The Morgan fingerprint density at radius 2 is 1.94 bits per heavy atom. The fourth-order valence-corrected chi connectivity index (χ4v) is 2.10. The Balaban J connectivity index is 1.84. The fourth-order valence-electron chi connectivity index (χ4n) is 2.10. The molecular weight excluding hydrogens is 243 g/mol. The van der Waals surface area contributed by atoms with Crippen molar-refractivity contribution in [2.45, 2.75) is 25.6 Å². The largest absolute Gasteiger partial charge is 0.489 e. The van der Waals surface area contributed by atoms with E-state index < -0.39 is 12.7 Å². The van der Waals surface area contributed by atoms with Crippen LogP contribution < -0.4 is 4.74 Å². The molecule has 18 heavy (non-hydrogen) atoms. The van der Waals surface area contributed by atoms with Gasteiger partial charge in [-0.05, 0) is 25.5 Å². The quantitative estimate of drug-likeness (QED) is 0.827. The Kier molecular flexibility index (Phi) is 3.80. The van der Waals surface area contributed by atoms with Gasteiger partial charge in [0, 0.05) is 13.1 Å². The van der Waals surface area contributed by atoms with Gasteiger partial charge in [0.25, 0.3) is 0 Å². The number of likely N-dealkylation sites (tertiary alicyclic amines) is 1. The molecule has 0 radical (unpaired) electrons. The van der Waals surface area contributed by atoms with Gasteiger partial charge in [-0.2, -0.15) is 13.2 Å². The van der Waals surface area contributed by atoms with Crippen molar-refractivity contribution < 1.29 is 17.9 Å². The van der Waals surface area contributed by atoms with E-state index in [1.54, 1.807) is 0 Å². The first kappa shape index (κ1) is 13.2. The van der Waals surface area contributed by atoms with Gasteiger partial charge in [0.05, 0.1) is 6.54 Å². The highest BCUT2D eigenvalue weighted by Crippen LogP contribution is 2.22. The number of nitrogens with zero attached hydrogens (tertiary/aromatic N) is 1. The Hall–Kier alpha value is -1.23. The van der Waals surface area contributed by atoms with E-state index in [1.165, 1.54) is 4.90 Å². The van der Waals surface area contributed by atoms with Crippen LogP contribution in [0, 0.1) is 6.92 Å². The number of alkyl halides is 3. The number of rotatable bonds is 3. The zero-order chi connectivity index (χ0) is 13.2. The minimum atomic E-state index is -4.13. The third-order valence-corrected chi connectivity index (χ3v) is 2.96. The van der Waals surface area contributed by atoms with E-state index >= 15 is 0 Å². The Morgan fingerprint density at radius 3 is 2.56 bits per heavy atom. The van der Waals surface area contributed by atoms with Crippen LogP contribution in [0.5, 0.6) is 5.75 Å². The normalized spacial score (nSPS) is 21.2. The molecule has 0 bridgehead atoms. The van der Waals surface area contributed by atoms with E-state index in [-0.39, 0.29) is 6.10 Å². The summed E-state index contributed by atoms with van der Waals surface area (Å²) < 4.78 is 42.3. The SMILES string of the molecule is Cc1ccc(OC2CCN(CC(F)(F)F)C2)cc1. The lowest BCUT2D eigenvalue weighted by atomic mass is 10.2. The molecule has 1 aliphatic heterocycles. The highest BCUT2D eigenvalue weighted by atomic mass is 19.4. The first-order valence-corrected chi connectivity index (χ1v) is 5.95. The highest BCUT2D eigenvalue weighted by molar-refractivity contribution is 5.26. The molecule has 1 heterocycles. The molecule has 0 saturated carbocycles. The second-order valence-corrected chi connectivity index (χ2v) is 4.69. The van der Waals surface area contributed by atoms with Gasteiger partial charge in [-0.15, -0.1) is 0 Å². The molecule has 100 valence electrons. The van der Waals surface area contributed by atoms with E-state index in [9.17, 15) is 13.2 Å². The van der Waals surface area contributed by atoms with Crippen molar-refractivity contribution in [1.82, 2.24) is 4.90 Å². The van der Waals surface area contributed by atoms with Crippen LogP contribution in [-0.4, -0.2) is 36.8 Å². The molecule has 1 aromatic rings. The van der Waals surface area contributed by atoms with Gasteiger partial charge in [-0.3, -0.25) is 4.90 Å². The third-order valence-electron chi connectivity index (χ3n) is 2.96. The molecule has 1 aromatic carbocycles. The molecule has 0 spiro atoms. The Bertz CT molecular complexity index is 388. The van der Waals surface area contributed by atoms with Gasteiger partial charge in [-0.1, -0.05) is 17.7 Å². The van der Waals surface area contributed by atoms with Crippen LogP contribution in [0.15, 0.2) is 24.3 Å². The molecule has 0 N–H and O–H groups in total. The molecule has 1 saturated heterocycles. The van der Waals surface area contributed by atoms with Crippen molar-refractivity contribution in [3.63, 3.8) is 0 Å². The van der Waals surface area contributed by atoms with Crippen molar-refractivity contribution in [3.05, 3.63) is 29.8 Å². The van der Waals surface area contributed by atoms with Crippen LogP contribution in [-0.2, 0) is 0 Å². The topological polar surface area (TPSA) is 12.5 Å². The molecular formula is C13H16F3NO. The predicted molar refractivity (Wildman–Crippen MR) is 62.7 cm³/mol. The standard InChI is InChI=1S/C13H16F3NO/c1-10-2-4-11(5-3-10)18-12-6-7-17(8-12)9-13(14,15)16/h2-5,12H,6-9H2,1H3. The van der Waals surface area contributed by atoms with Crippen LogP contribution in [0.1, 0.15) is 12.0 Å². The molecule has 2 nitrogen and oxygen atoms in total. The minimum absolute atomic E-state index is 0.143. The van der Waals surface area contributed by atoms with Gasteiger partial charge in [0.1, 0.15) is 11.9 Å². The second-order valence-electron chi connectivity index (χ2n) is 4.69. The predicted octanol–water partition coefficient (Wildman–Crippen LogP) is 3.01. The lowest BCUT2D eigenvalue weighted by molar-refractivity contribution is -0.144. The van der Waals surface area contributed by atoms with Crippen LogP contribution in [0.4, 0.5) is 13.2 Å². The summed E-state index contributed by atoms with van der Waals surface area (Å²) in [7, 11) is 0. The molecule has 0 aliphatic carbocycles. The summed E-state index contributed by atoms with van der Waals surface area (Å²) in [6.45, 7) is 1.91. The molecule has 1 atom stereocenters. The van der Waals surface area contributed by atoms with Gasteiger partial charge in [0.15, 0.2) is 0 Å². The molecule has 1 unspecified atom stereocenters. The van der Waals surface area contributed by atoms with Crippen molar-refractivity contribution in [2.75, 3.05) is 19.6 Å². The summed E-state index contributed by atoms with van der Waals surface area (Å²) in [5.41, 5.74) is 1.13. The van der Waals surface area contributed by atoms with Crippen molar-refractivity contribution in [3.8, 4) is 5.75 Å². The van der Waals surface area contributed by atoms with Gasteiger partial charge < -0.3 is 4.74 Å². The zero-order valence-electron chi connectivity index (χ0n) is 10.2. The Labute approximate surface area is 104 Å². The maximum atomic E-state index is 12.2. The molecule has 2 rings (SSSR count). The average Bonchev–Trinajstić information content (AvgIpc) is 2.66. The molecule has 1 aliphatic rings. The average molecular weight is 259 g/mol. The van der Waals surface area contributed by atoms with Crippen LogP contribution in [0.3, 0.4) is 0 Å². The molecule has 1 fully saturated rings. The summed E-state index contributed by atoms with van der Waals surface area (Å²) in [6, 6.07) is 7.55. The molecule has 5 heteroatoms. The number of benzene rings is 1. The molecule has 0 aromatic heterocycles. The summed E-state index contributed by atoms with van der Waals surface area (Å²) >= 11 is 0. The lowest BCUT2D eigenvalue weighted by Crippen LogP contribution is -2.33. The number of halogens is 3. The van der Waals surface area contributed by atoms with Crippen LogP contribution >= 0.6 is 0 Å². The van der Waals surface area contributed by atoms with Gasteiger partial charge >= 0.3 is 6.18 Å².